The number of para-hydroxylation sites is 1. The number of hydrogen-bond donors (Lipinski definition) is 1. The van der Waals surface area contributed by atoms with Gasteiger partial charge in [0.25, 0.3) is 0 Å². The number of carbonyl (C=O) groups is 1. The molecule has 1 heterocycles. The zero-order chi connectivity index (χ0) is 14.2. The van der Waals surface area contributed by atoms with Crippen LogP contribution in [0, 0.1) is 13.8 Å². The zero-order valence-electron chi connectivity index (χ0n) is 12.2. The summed E-state index contributed by atoms with van der Waals surface area (Å²) < 4.78 is 0. The highest BCUT2D eigenvalue weighted by atomic mass is 16.2. The molecule has 104 valence electrons. The van der Waals surface area contributed by atoms with Crippen molar-refractivity contribution >= 4 is 11.6 Å². The van der Waals surface area contributed by atoms with E-state index in [2.05, 4.69) is 37.8 Å². The monoisotopic (exact) mass is 261 g/mol. The van der Waals surface area contributed by atoms with Gasteiger partial charge in [-0.2, -0.15) is 0 Å². The van der Waals surface area contributed by atoms with E-state index in [4.69, 9.17) is 5.73 Å². The first-order valence-corrected chi connectivity index (χ1v) is 6.77. The summed E-state index contributed by atoms with van der Waals surface area (Å²) in [7, 11) is 1.86. The van der Waals surface area contributed by atoms with Crippen LogP contribution in [0.15, 0.2) is 18.2 Å². The van der Waals surface area contributed by atoms with Gasteiger partial charge in [0.15, 0.2) is 0 Å². The Morgan fingerprint density at radius 3 is 2.42 bits per heavy atom. The lowest BCUT2D eigenvalue weighted by molar-refractivity contribution is -0.134. The van der Waals surface area contributed by atoms with Crippen LogP contribution in [-0.2, 0) is 4.79 Å². The molecule has 2 rings (SSSR count). The van der Waals surface area contributed by atoms with E-state index in [0.717, 1.165) is 12.2 Å². The maximum Gasteiger partial charge on any atom is 0.246 e. The predicted molar refractivity (Wildman–Crippen MR) is 78.3 cm³/mol. The molecule has 1 aromatic carbocycles. The summed E-state index contributed by atoms with van der Waals surface area (Å²) in [6.45, 7) is 7.43. The first-order chi connectivity index (χ1) is 8.97. The molecule has 1 fully saturated rings. The van der Waals surface area contributed by atoms with E-state index in [1.807, 2.05) is 18.0 Å². The first kappa shape index (κ1) is 13.9. The van der Waals surface area contributed by atoms with Crippen molar-refractivity contribution in [3.05, 3.63) is 29.3 Å². The standard InChI is InChI=1S/C15H23N3O/c1-10-6-5-7-11(2)14(10)18-9-12(3)17(4)15(19)13(18)8-16/h5-7,12-13H,8-9,16H2,1-4H3. The van der Waals surface area contributed by atoms with Crippen molar-refractivity contribution in [3.63, 3.8) is 0 Å². The number of nitrogens with two attached hydrogens (primary N) is 1. The van der Waals surface area contributed by atoms with Crippen LogP contribution in [-0.4, -0.2) is 43.0 Å². The molecule has 0 saturated carbocycles. The van der Waals surface area contributed by atoms with E-state index >= 15 is 0 Å². The second-order valence-electron chi connectivity index (χ2n) is 5.44. The number of carbonyl (C=O) groups excluding carboxylic acids is 1. The van der Waals surface area contributed by atoms with Crippen LogP contribution in [0.3, 0.4) is 0 Å². The molecule has 2 atom stereocenters. The van der Waals surface area contributed by atoms with E-state index in [0.29, 0.717) is 6.54 Å². The van der Waals surface area contributed by atoms with Gasteiger partial charge < -0.3 is 15.5 Å². The Kier molecular flexibility index (Phi) is 3.80. The Bertz CT molecular complexity index is 466. The van der Waals surface area contributed by atoms with E-state index < -0.39 is 0 Å². The molecule has 0 bridgehead atoms. The molecule has 1 aliphatic rings. The fraction of sp³-hybridized carbons (Fsp3) is 0.533. The highest BCUT2D eigenvalue weighted by Crippen LogP contribution is 2.29. The topological polar surface area (TPSA) is 49.6 Å². The lowest BCUT2D eigenvalue weighted by Crippen LogP contribution is -2.62. The molecule has 1 amide bonds. The van der Waals surface area contributed by atoms with Crippen LogP contribution >= 0.6 is 0 Å². The van der Waals surface area contributed by atoms with E-state index in [-0.39, 0.29) is 18.0 Å². The maximum absolute atomic E-state index is 12.4. The quantitative estimate of drug-likeness (QED) is 0.873. The zero-order valence-corrected chi connectivity index (χ0v) is 12.2. The largest absolute Gasteiger partial charge is 0.356 e. The Labute approximate surface area is 115 Å². The molecule has 4 nitrogen and oxygen atoms in total. The molecule has 1 aromatic rings. The van der Waals surface area contributed by atoms with Crippen LogP contribution in [0.4, 0.5) is 5.69 Å². The minimum absolute atomic E-state index is 0.115. The summed E-state index contributed by atoms with van der Waals surface area (Å²) >= 11 is 0. The summed E-state index contributed by atoms with van der Waals surface area (Å²) in [6, 6.07) is 6.18. The van der Waals surface area contributed by atoms with Crippen molar-refractivity contribution < 1.29 is 4.79 Å². The van der Waals surface area contributed by atoms with Crippen LogP contribution in [0.1, 0.15) is 18.1 Å². The Morgan fingerprint density at radius 1 is 1.32 bits per heavy atom. The van der Waals surface area contributed by atoms with E-state index in [1.54, 1.807) is 0 Å². The number of rotatable bonds is 2. The van der Waals surface area contributed by atoms with Crippen molar-refractivity contribution in [1.82, 2.24) is 4.90 Å². The van der Waals surface area contributed by atoms with E-state index in [9.17, 15) is 4.79 Å². The van der Waals surface area contributed by atoms with Crippen LogP contribution in [0.5, 0.6) is 0 Å². The van der Waals surface area contributed by atoms with Crippen LogP contribution in [0.25, 0.3) is 0 Å². The minimum Gasteiger partial charge on any atom is -0.356 e. The summed E-state index contributed by atoms with van der Waals surface area (Å²) in [5.74, 6) is 0.115. The molecule has 0 radical (unpaired) electrons. The average Bonchev–Trinajstić information content (AvgIpc) is 2.36. The Hall–Kier alpha value is -1.55. The molecule has 1 saturated heterocycles. The first-order valence-electron chi connectivity index (χ1n) is 6.77. The molecule has 19 heavy (non-hydrogen) atoms. The molecule has 1 aliphatic heterocycles. The second kappa shape index (κ2) is 5.21. The third kappa shape index (κ3) is 2.32. The summed E-state index contributed by atoms with van der Waals surface area (Å²) in [5.41, 5.74) is 9.39. The van der Waals surface area contributed by atoms with Gasteiger partial charge in [0.2, 0.25) is 5.91 Å². The van der Waals surface area contributed by atoms with Gasteiger partial charge in [0.05, 0.1) is 0 Å². The van der Waals surface area contributed by atoms with Gasteiger partial charge >= 0.3 is 0 Å². The fourth-order valence-corrected chi connectivity index (χ4v) is 2.85. The van der Waals surface area contributed by atoms with Gasteiger partial charge in [-0.15, -0.1) is 0 Å². The Morgan fingerprint density at radius 2 is 1.89 bits per heavy atom. The van der Waals surface area contributed by atoms with Gasteiger partial charge in [-0.05, 0) is 31.9 Å². The lowest BCUT2D eigenvalue weighted by atomic mass is 10.0. The summed E-state index contributed by atoms with van der Waals surface area (Å²) in [5, 5.41) is 0. The normalized spacial score (nSPS) is 23.9. The number of aryl methyl sites for hydroxylation is 2. The molecular weight excluding hydrogens is 238 g/mol. The highest BCUT2D eigenvalue weighted by Gasteiger charge is 2.36. The van der Waals surface area contributed by atoms with Crippen LogP contribution < -0.4 is 10.6 Å². The molecule has 0 spiro atoms. The van der Waals surface area contributed by atoms with Crippen molar-refractivity contribution in [3.8, 4) is 0 Å². The fourth-order valence-electron chi connectivity index (χ4n) is 2.85. The predicted octanol–water partition coefficient (Wildman–Crippen LogP) is 1.30. The van der Waals surface area contributed by atoms with Crippen molar-refractivity contribution in [2.24, 2.45) is 5.73 Å². The number of amides is 1. The number of hydrogen-bond acceptors (Lipinski definition) is 3. The van der Waals surface area contributed by atoms with Gasteiger partial charge in [-0.1, -0.05) is 18.2 Å². The maximum atomic E-state index is 12.4. The third-order valence-corrected chi connectivity index (χ3v) is 4.08. The molecule has 0 aliphatic carbocycles. The number of nitrogens with zero attached hydrogens (tertiary/aromatic N) is 2. The lowest BCUT2D eigenvalue weighted by Gasteiger charge is -2.45. The van der Waals surface area contributed by atoms with Crippen molar-refractivity contribution in [1.29, 1.82) is 0 Å². The number of piperazine rings is 1. The summed E-state index contributed by atoms with van der Waals surface area (Å²) in [4.78, 5) is 16.4. The van der Waals surface area contributed by atoms with Gasteiger partial charge in [-0.25, -0.2) is 0 Å². The summed E-state index contributed by atoms with van der Waals surface area (Å²) in [6.07, 6.45) is 0. The SMILES string of the molecule is Cc1cccc(C)c1N1CC(C)N(C)C(=O)C1CN. The van der Waals surface area contributed by atoms with Crippen molar-refractivity contribution in [2.75, 3.05) is 25.0 Å². The molecule has 4 heteroatoms. The van der Waals surface area contributed by atoms with E-state index in [1.165, 1.54) is 11.1 Å². The van der Waals surface area contributed by atoms with Crippen LogP contribution in [0.2, 0.25) is 0 Å². The number of anilines is 1. The average molecular weight is 261 g/mol. The third-order valence-electron chi connectivity index (χ3n) is 4.08. The molecule has 2 N–H and O–H groups in total. The number of likely N-dealkylation sites (N-methyl/N-ethyl adjacent to an activating group) is 1. The highest BCUT2D eigenvalue weighted by molar-refractivity contribution is 5.87. The smallest absolute Gasteiger partial charge is 0.246 e. The Balaban J connectivity index is 2.45. The molecule has 0 aromatic heterocycles. The second-order valence-corrected chi connectivity index (χ2v) is 5.44. The molecular formula is C15H23N3O. The van der Waals surface area contributed by atoms with Gasteiger partial charge in [0.1, 0.15) is 6.04 Å². The molecule has 2 unspecified atom stereocenters. The van der Waals surface area contributed by atoms with Gasteiger partial charge in [0, 0.05) is 31.9 Å². The minimum atomic E-state index is -0.249. The van der Waals surface area contributed by atoms with Crippen molar-refractivity contribution in [2.45, 2.75) is 32.9 Å². The van der Waals surface area contributed by atoms with Gasteiger partial charge in [-0.3, -0.25) is 4.79 Å². The number of benzene rings is 1.